The minimum Gasteiger partial charge on any atom is -0.457 e. The molecule has 0 radical (unpaired) electrons. The van der Waals surface area contributed by atoms with Crippen LogP contribution >= 0.6 is 24.0 Å². The molecule has 136 valence electrons. The number of H-pyrrole nitrogens is 1. The van der Waals surface area contributed by atoms with Gasteiger partial charge in [-0.05, 0) is 18.2 Å². The number of nitrogens with two attached hydrogens (primary N) is 2. The molecule has 1 amide bonds. The lowest BCUT2D eigenvalue weighted by Crippen LogP contribution is -2.38. The molecule has 0 spiro atoms. The Kier molecular flexibility index (Phi) is 5.64. The van der Waals surface area contributed by atoms with Crippen molar-refractivity contribution in [2.45, 2.75) is 0 Å². The molecular weight excluding hydrogens is 377 g/mol. The molecule has 1 heterocycles. The van der Waals surface area contributed by atoms with Gasteiger partial charge in [0.05, 0.1) is 10.5 Å². The number of carbonyl (C=O) groups is 1. The molecule has 0 fully saturated rings. The fraction of sp³-hybridized carbons (Fsp3) is 0.0588. The van der Waals surface area contributed by atoms with E-state index >= 15 is 0 Å². The molecule has 0 atom stereocenters. The van der Waals surface area contributed by atoms with Crippen molar-refractivity contribution in [3.05, 3.63) is 53.2 Å². The molecule has 3 rings (SSSR count). The summed E-state index contributed by atoms with van der Waals surface area (Å²) in [5.41, 5.74) is 12.6. The number of hydrogen-bond acceptors (Lipinski definition) is 4. The van der Waals surface area contributed by atoms with Crippen molar-refractivity contribution in [3.8, 4) is 11.5 Å². The van der Waals surface area contributed by atoms with Gasteiger partial charge in [-0.2, -0.15) is 0 Å². The summed E-state index contributed by atoms with van der Waals surface area (Å²) < 4.78 is 5.77. The Morgan fingerprint density at radius 3 is 2.62 bits per heavy atom. The second-order valence-corrected chi connectivity index (χ2v) is 5.88. The summed E-state index contributed by atoms with van der Waals surface area (Å²) in [6.45, 7) is 0. The molecule has 3 aromatic rings. The van der Waals surface area contributed by atoms with Crippen LogP contribution in [-0.2, 0) is 0 Å². The van der Waals surface area contributed by atoms with Gasteiger partial charge >= 0.3 is 0 Å². The van der Waals surface area contributed by atoms with Crippen LogP contribution < -0.4 is 16.2 Å². The maximum absolute atomic E-state index is 12.3. The van der Waals surface area contributed by atoms with Crippen LogP contribution in [0.3, 0.4) is 0 Å². The lowest BCUT2D eigenvalue weighted by molar-refractivity contribution is 0.0864. The quantitative estimate of drug-likeness (QED) is 0.308. The van der Waals surface area contributed by atoms with Gasteiger partial charge in [-0.1, -0.05) is 17.7 Å². The van der Waals surface area contributed by atoms with Gasteiger partial charge in [0.1, 0.15) is 17.2 Å². The van der Waals surface area contributed by atoms with Crippen LogP contribution in [0.2, 0.25) is 5.02 Å². The third kappa shape index (κ3) is 3.84. The lowest BCUT2D eigenvalue weighted by Gasteiger charge is -2.12. The Bertz CT molecular complexity index is 986. The van der Waals surface area contributed by atoms with E-state index in [0.717, 1.165) is 4.90 Å². The summed E-state index contributed by atoms with van der Waals surface area (Å²) in [4.78, 5) is 16.3. The molecule has 0 aliphatic rings. The van der Waals surface area contributed by atoms with Crippen molar-refractivity contribution in [1.29, 1.82) is 5.41 Å². The number of fused-ring (bicyclic) bond motifs is 1. The van der Waals surface area contributed by atoms with E-state index in [1.807, 2.05) is 0 Å². The number of hydrogen-bond donors (Lipinski definition) is 4. The summed E-state index contributed by atoms with van der Waals surface area (Å²) in [7, 11) is 1.42. The lowest BCUT2D eigenvalue weighted by atomic mass is 10.2. The zero-order valence-corrected chi connectivity index (χ0v) is 15.3. The van der Waals surface area contributed by atoms with E-state index in [4.69, 9.17) is 33.2 Å². The maximum Gasteiger partial charge on any atom is 0.276 e. The Morgan fingerprint density at radius 1 is 1.23 bits per heavy atom. The molecule has 0 aliphatic heterocycles. The fourth-order valence-corrected chi connectivity index (χ4v) is 2.61. The largest absolute Gasteiger partial charge is 0.457 e. The monoisotopic (exact) mass is 393 g/mol. The maximum atomic E-state index is 12.3. The minimum absolute atomic E-state index is 0. The van der Waals surface area contributed by atoms with Crippen LogP contribution in [0.4, 0.5) is 5.69 Å². The van der Waals surface area contributed by atoms with Crippen LogP contribution in [0.5, 0.6) is 11.5 Å². The average molecular weight is 394 g/mol. The number of aromatic amines is 1. The van der Waals surface area contributed by atoms with Crippen LogP contribution in [-0.4, -0.2) is 28.8 Å². The smallest absolute Gasteiger partial charge is 0.276 e. The van der Waals surface area contributed by atoms with Crippen LogP contribution in [0, 0.1) is 5.41 Å². The molecule has 0 bridgehead atoms. The zero-order valence-electron chi connectivity index (χ0n) is 13.7. The van der Waals surface area contributed by atoms with Gasteiger partial charge in [-0.25, -0.2) is 0 Å². The number of nitrogen functional groups attached to an aromatic ring is 1. The average Bonchev–Trinajstić information content (AvgIpc) is 2.98. The standard InChI is InChI=1S/C17H16ClN5O2.ClH/c1-23(17(20)21)16(24)15-8-12-13(18)6-11(7-14(12)22-15)25-10-4-2-3-9(19)5-10;/h2-8,22H,19H2,1H3,(H3,20,21);1H. The normalized spacial score (nSPS) is 10.2. The third-order valence-electron chi connectivity index (χ3n) is 3.65. The van der Waals surface area contributed by atoms with E-state index in [-0.39, 0.29) is 24.1 Å². The second-order valence-electron chi connectivity index (χ2n) is 5.47. The van der Waals surface area contributed by atoms with Gasteiger partial charge in [0.25, 0.3) is 5.91 Å². The highest BCUT2D eigenvalue weighted by Gasteiger charge is 2.18. The Morgan fingerprint density at radius 2 is 1.96 bits per heavy atom. The molecule has 26 heavy (non-hydrogen) atoms. The van der Waals surface area contributed by atoms with Crippen molar-refractivity contribution in [1.82, 2.24) is 9.88 Å². The summed E-state index contributed by atoms with van der Waals surface area (Å²) in [5, 5.41) is 8.44. The van der Waals surface area contributed by atoms with Gasteiger partial charge in [-0.3, -0.25) is 15.1 Å². The number of benzene rings is 2. The number of ether oxygens (including phenoxy) is 1. The zero-order chi connectivity index (χ0) is 18.1. The van der Waals surface area contributed by atoms with Gasteiger partial charge in [0.15, 0.2) is 5.96 Å². The fourth-order valence-electron chi connectivity index (χ4n) is 2.35. The number of anilines is 1. The SMILES string of the molecule is CN(C(=N)N)C(=O)c1cc2c(Cl)cc(Oc3cccc(N)c3)cc2[nH]1.Cl. The molecule has 7 nitrogen and oxygen atoms in total. The van der Waals surface area contributed by atoms with Crippen LogP contribution in [0.1, 0.15) is 10.5 Å². The number of aromatic nitrogens is 1. The summed E-state index contributed by atoms with van der Waals surface area (Å²) in [6.07, 6.45) is 0. The van der Waals surface area contributed by atoms with Gasteiger partial charge in [-0.15, -0.1) is 12.4 Å². The molecule has 2 aromatic carbocycles. The molecule has 0 saturated heterocycles. The first kappa shape index (κ1) is 19.4. The minimum atomic E-state index is -0.432. The Balaban J connectivity index is 0.00000243. The predicted octanol–water partition coefficient (Wildman–Crippen LogP) is 3.58. The van der Waals surface area contributed by atoms with E-state index in [2.05, 4.69) is 4.98 Å². The van der Waals surface area contributed by atoms with Crippen molar-refractivity contribution < 1.29 is 9.53 Å². The first-order valence-corrected chi connectivity index (χ1v) is 7.70. The summed E-state index contributed by atoms with van der Waals surface area (Å²) >= 11 is 6.30. The van der Waals surface area contributed by atoms with E-state index in [1.54, 1.807) is 42.5 Å². The van der Waals surface area contributed by atoms with Gasteiger partial charge in [0.2, 0.25) is 0 Å². The van der Waals surface area contributed by atoms with Crippen LogP contribution in [0.15, 0.2) is 42.5 Å². The highest BCUT2D eigenvalue weighted by atomic mass is 35.5. The Hall–Kier alpha value is -2.90. The summed E-state index contributed by atoms with van der Waals surface area (Å²) in [6, 6.07) is 12.0. The van der Waals surface area contributed by atoms with E-state index < -0.39 is 5.91 Å². The number of guanidine groups is 1. The first-order valence-electron chi connectivity index (χ1n) is 7.33. The van der Waals surface area contributed by atoms with E-state index in [0.29, 0.717) is 33.1 Å². The molecule has 6 N–H and O–H groups in total. The highest BCUT2D eigenvalue weighted by molar-refractivity contribution is 6.35. The molecular formula is C17H17Cl2N5O2. The number of amides is 1. The van der Waals surface area contributed by atoms with Crippen LogP contribution in [0.25, 0.3) is 10.9 Å². The predicted molar refractivity (Wildman–Crippen MR) is 105 cm³/mol. The van der Waals surface area contributed by atoms with E-state index in [9.17, 15) is 4.79 Å². The highest BCUT2D eigenvalue weighted by Crippen LogP contribution is 2.32. The number of rotatable bonds is 3. The number of nitrogens with one attached hydrogen (secondary N) is 2. The Labute approximate surface area is 160 Å². The third-order valence-corrected chi connectivity index (χ3v) is 3.96. The van der Waals surface area contributed by atoms with Crippen molar-refractivity contribution in [3.63, 3.8) is 0 Å². The number of carbonyl (C=O) groups excluding carboxylic acids is 1. The van der Waals surface area contributed by atoms with Crippen molar-refractivity contribution in [2.24, 2.45) is 5.73 Å². The van der Waals surface area contributed by atoms with Crippen molar-refractivity contribution >= 4 is 52.5 Å². The van der Waals surface area contributed by atoms with Crippen molar-refractivity contribution in [2.75, 3.05) is 12.8 Å². The second kappa shape index (κ2) is 7.55. The van der Waals surface area contributed by atoms with E-state index in [1.165, 1.54) is 7.05 Å². The van der Waals surface area contributed by atoms with Gasteiger partial charge < -0.3 is 21.2 Å². The first-order chi connectivity index (χ1) is 11.8. The molecule has 1 aromatic heterocycles. The molecule has 0 aliphatic carbocycles. The topological polar surface area (TPSA) is 121 Å². The number of halogens is 2. The summed E-state index contributed by atoms with van der Waals surface area (Å²) in [5.74, 6) is 0.303. The van der Waals surface area contributed by atoms with Gasteiger partial charge in [0, 0.05) is 36.3 Å². The molecule has 0 saturated carbocycles. The molecule has 9 heteroatoms. The number of nitrogens with zero attached hydrogens (tertiary/aromatic N) is 1. The molecule has 0 unspecified atom stereocenters.